The summed E-state index contributed by atoms with van der Waals surface area (Å²) in [7, 11) is 0. The molecule has 1 heterocycles. The van der Waals surface area contributed by atoms with Crippen LogP contribution in [0, 0.1) is 0 Å². The molecule has 1 N–H and O–H groups in total. The third-order valence-electron chi connectivity index (χ3n) is 2.83. The number of allylic oxidation sites excluding steroid dienone is 1. The zero-order chi connectivity index (χ0) is 13.0. The number of likely N-dealkylation sites (tertiary alicyclic amines) is 1. The van der Waals surface area contributed by atoms with Crippen molar-refractivity contribution in [3.05, 3.63) is 48.2 Å². The summed E-state index contributed by atoms with van der Waals surface area (Å²) in [6.45, 7) is 2.41. The summed E-state index contributed by atoms with van der Waals surface area (Å²) in [5.41, 5.74) is 0.951. The topological polar surface area (TPSA) is 49.4 Å². The molecule has 0 spiro atoms. The molecule has 1 aliphatic rings. The van der Waals surface area contributed by atoms with Crippen LogP contribution in [-0.2, 0) is 16.0 Å². The Hall–Kier alpha value is -2.10. The molecule has 1 unspecified atom stereocenters. The molecule has 1 fully saturated rings. The fraction of sp³-hybridized carbons (Fsp3) is 0.286. The highest BCUT2D eigenvalue weighted by Gasteiger charge is 2.35. The van der Waals surface area contributed by atoms with E-state index in [2.05, 4.69) is 5.32 Å². The second-order valence-electron chi connectivity index (χ2n) is 4.26. The lowest BCUT2D eigenvalue weighted by Gasteiger charge is -2.36. The standard InChI is InChI=1S/C14H16N2O2/c1-2-8-16-10-12(14(16)18)15-13(17)9-11-6-4-3-5-7-11/h2-8,12H,9-10H2,1H3,(H,15,17). The molecule has 4 heteroatoms. The first-order valence-corrected chi connectivity index (χ1v) is 5.97. The molecule has 1 aliphatic heterocycles. The van der Waals surface area contributed by atoms with Gasteiger partial charge in [0.15, 0.2) is 0 Å². The highest BCUT2D eigenvalue weighted by Crippen LogP contribution is 2.11. The molecule has 18 heavy (non-hydrogen) atoms. The van der Waals surface area contributed by atoms with Crippen molar-refractivity contribution in [1.82, 2.24) is 10.2 Å². The molecule has 2 amide bonds. The molecular formula is C14H16N2O2. The van der Waals surface area contributed by atoms with Crippen molar-refractivity contribution in [3.8, 4) is 0 Å². The van der Waals surface area contributed by atoms with Crippen LogP contribution in [0.4, 0.5) is 0 Å². The number of nitrogens with one attached hydrogen (secondary N) is 1. The quantitative estimate of drug-likeness (QED) is 0.806. The van der Waals surface area contributed by atoms with E-state index in [1.165, 1.54) is 0 Å². The molecule has 4 nitrogen and oxygen atoms in total. The lowest BCUT2D eigenvalue weighted by molar-refractivity contribution is -0.142. The van der Waals surface area contributed by atoms with Crippen LogP contribution in [0.25, 0.3) is 0 Å². The zero-order valence-corrected chi connectivity index (χ0v) is 10.3. The van der Waals surface area contributed by atoms with Gasteiger partial charge in [0.25, 0.3) is 5.91 Å². The molecule has 2 rings (SSSR count). The lowest BCUT2D eigenvalue weighted by Crippen LogP contribution is -2.61. The van der Waals surface area contributed by atoms with Gasteiger partial charge in [-0.2, -0.15) is 0 Å². The van der Waals surface area contributed by atoms with Crippen molar-refractivity contribution < 1.29 is 9.59 Å². The number of carbonyl (C=O) groups excluding carboxylic acids is 2. The predicted octanol–water partition coefficient (Wildman–Crippen LogP) is 1.09. The van der Waals surface area contributed by atoms with E-state index < -0.39 is 0 Å². The Morgan fingerprint density at radius 1 is 1.44 bits per heavy atom. The maximum absolute atomic E-state index is 11.7. The molecule has 1 aromatic carbocycles. The minimum absolute atomic E-state index is 0.0467. The minimum atomic E-state index is -0.364. The fourth-order valence-corrected chi connectivity index (χ4v) is 1.90. The van der Waals surface area contributed by atoms with Gasteiger partial charge in [-0.15, -0.1) is 0 Å². The number of rotatable bonds is 4. The third kappa shape index (κ3) is 2.77. The number of hydrogen-bond acceptors (Lipinski definition) is 2. The van der Waals surface area contributed by atoms with Gasteiger partial charge >= 0.3 is 0 Å². The summed E-state index contributed by atoms with van der Waals surface area (Å²) in [5.74, 6) is -0.158. The molecule has 94 valence electrons. The van der Waals surface area contributed by atoms with Gasteiger partial charge < -0.3 is 10.2 Å². The van der Waals surface area contributed by atoms with Gasteiger partial charge in [0, 0.05) is 6.20 Å². The second kappa shape index (κ2) is 5.49. The molecular weight excluding hydrogens is 228 g/mol. The molecule has 0 saturated carbocycles. The Morgan fingerprint density at radius 2 is 2.17 bits per heavy atom. The van der Waals surface area contributed by atoms with Crippen molar-refractivity contribution in [2.45, 2.75) is 19.4 Å². The van der Waals surface area contributed by atoms with Crippen LogP contribution in [0.2, 0.25) is 0 Å². The Bertz CT molecular complexity index is 468. The Morgan fingerprint density at radius 3 is 2.78 bits per heavy atom. The molecule has 0 aliphatic carbocycles. The third-order valence-corrected chi connectivity index (χ3v) is 2.83. The number of β-lactam (4-membered cyclic amide) rings is 1. The molecule has 0 radical (unpaired) electrons. The van der Waals surface area contributed by atoms with Gasteiger partial charge in [-0.25, -0.2) is 0 Å². The first-order chi connectivity index (χ1) is 8.70. The van der Waals surface area contributed by atoms with Gasteiger partial charge in [-0.05, 0) is 12.5 Å². The summed E-state index contributed by atoms with van der Waals surface area (Å²) in [6.07, 6.45) is 3.84. The van der Waals surface area contributed by atoms with Crippen molar-refractivity contribution in [2.24, 2.45) is 0 Å². The molecule has 0 bridgehead atoms. The summed E-state index contributed by atoms with van der Waals surface area (Å²) >= 11 is 0. The molecule has 1 aromatic rings. The van der Waals surface area contributed by atoms with Crippen LogP contribution in [-0.4, -0.2) is 29.3 Å². The Labute approximate surface area is 106 Å². The first kappa shape index (κ1) is 12.4. The number of amides is 2. The van der Waals surface area contributed by atoms with Gasteiger partial charge in [0.1, 0.15) is 6.04 Å². The second-order valence-corrected chi connectivity index (χ2v) is 4.26. The smallest absolute Gasteiger partial charge is 0.251 e. The average molecular weight is 244 g/mol. The molecule has 1 saturated heterocycles. The monoisotopic (exact) mass is 244 g/mol. The fourth-order valence-electron chi connectivity index (χ4n) is 1.90. The number of benzene rings is 1. The highest BCUT2D eigenvalue weighted by atomic mass is 16.2. The van der Waals surface area contributed by atoms with Crippen LogP contribution in [0.3, 0.4) is 0 Å². The predicted molar refractivity (Wildman–Crippen MR) is 68.6 cm³/mol. The van der Waals surface area contributed by atoms with Crippen LogP contribution < -0.4 is 5.32 Å². The van der Waals surface area contributed by atoms with Gasteiger partial charge in [0.2, 0.25) is 5.91 Å². The van der Waals surface area contributed by atoms with Crippen molar-refractivity contribution in [2.75, 3.05) is 6.54 Å². The van der Waals surface area contributed by atoms with E-state index in [1.54, 1.807) is 17.2 Å². The Balaban J connectivity index is 1.81. The normalized spacial score (nSPS) is 18.8. The van der Waals surface area contributed by atoms with Gasteiger partial charge in [-0.1, -0.05) is 36.4 Å². The van der Waals surface area contributed by atoms with E-state index in [0.717, 1.165) is 5.56 Å². The maximum Gasteiger partial charge on any atom is 0.251 e. The van der Waals surface area contributed by atoms with E-state index in [0.29, 0.717) is 13.0 Å². The lowest BCUT2D eigenvalue weighted by atomic mass is 10.1. The maximum atomic E-state index is 11.7. The first-order valence-electron chi connectivity index (χ1n) is 5.97. The largest absolute Gasteiger partial charge is 0.342 e. The van der Waals surface area contributed by atoms with Crippen LogP contribution in [0.5, 0.6) is 0 Å². The highest BCUT2D eigenvalue weighted by molar-refractivity contribution is 5.93. The zero-order valence-electron chi connectivity index (χ0n) is 10.3. The van der Waals surface area contributed by atoms with E-state index in [4.69, 9.17) is 0 Å². The van der Waals surface area contributed by atoms with E-state index >= 15 is 0 Å². The minimum Gasteiger partial charge on any atom is -0.342 e. The summed E-state index contributed by atoms with van der Waals surface area (Å²) in [6, 6.07) is 9.13. The summed E-state index contributed by atoms with van der Waals surface area (Å²) < 4.78 is 0. The van der Waals surface area contributed by atoms with Gasteiger partial charge in [0.05, 0.1) is 13.0 Å². The Kier molecular flexibility index (Phi) is 3.77. The number of hydrogen-bond donors (Lipinski definition) is 1. The van der Waals surface area contributed by atoms with Crippen LogP contribution >= 0.6 is 0 Å². The number of nitrogens with zero attached hydrogens (tertiary/aromatic N) is 1. The van der Waals surface area contributed by atoms with Crippen LogP contribution in [0.1, 0.15) is 12.5 Å². The van der Waals surface area contributed by atoms with Crippen molar-refractivity contribution in [3.63, 3.8) is 0 Å². The van der Waals surface area contributed by atoms with Crippen LogP contribution in [0.15, 0.2) is 42.6 Å². The van der Waals surface area contributed by atoms with E-state index in [9.17, 15) is 9.59 Å². The molecule has 1 atom stereocenters. The molecule has 0 aromatic heterocycles. The van der Waals surface area contributed by atoms with Crippen molar-refractivity contribution in [1.29, 1.82) is 0 Å². The summed E-state index contributed by atoms with van der Waals surface area (Å²) in [4.78, 5) is 24.9. The van der Waals surface area contributed by atoms with Crippen molar-refractivity contribution >= 4 is 11.8 Å². The number of carbonyl (C=O) groups is 2. The van der Waals surface area contributed by atoms with E-state index in [1.807, 2.05) is 37.3 Å². The van der Waals surface area contributed by atoms with Gasteiger partial charge in [-0.3, -0.25) is 9.59 Å². The SMILES string of the molecule is CC=CN1CC(NC(=O)Cc2ccccc2)C1=O. The van der Waals surface area contributed by atoms with E-state index in [-0.39, 0.29) is 17.9 Å². The average Bonchev–Trinajstić information content (AvgIpc) is 2.38. The summed E-state index contributed by atoms with van der Waals surface area (Å²) in [5, 5.41) is 2.74.